The van der Waals surface area contributed by atoms with E-state index in [1.807, 2.05) is 6.07 Å². The van der Waals surface area contributed by atoms with E-state index in [-0.39, 0.29) is 12.0 Å². The number of nitrogens with zero attached hydrogens (tertiary/aromatic N) is 4. The van der Waals surface area contributed by atoms with E-state index >= 15 is 0 Å². The first-order chi connectivity index (χ1) is 9.29. The van der Waals surface area contributed by atoms with Crippen LogP contribution in [0.4, 0.5) is 5.69 Å². The van der Waals surface area contributed by atoms with E-state index in [0.29, 0.717) is 5.02 Å². The van der Waals surface area contributed by atoms with Gasteiger partial charge in [-0.3, -0.25) is 4.98 Å². The van der Waals surface area contributed by atoms with Crippen molar-refractivity contribution >= 4 is 17.3 Å². The van der Waals surface area contributed by atoms with Crippen LogP contribution in [0.5, 0.6) is 0 Å². The number of H-pyrrole nitrogens is 1. The topological polar surface area (TPSA) is 66.9 Å². The molecule has 1 fully saturated rings. The summed E-state index contributed by atoms with van der Waals surface area (Å²) in [5.74, 6) is 0.188. The molecular formula is C12H14ClN5O. The molecule has 1 N–H and O–H groups in total. The van der Waals surface area contributed by atoms with Gasteiger partial charge in [-0.15, -0.1) is 0 Å². The molecule has 1 saturated heterocycles. The summed E-state index contributed by atoms with van der Waals surface area (Å²) >= 11 is 6.19. The largest absolute Gasteiger partial charge is 0.379 e. The standard InChI is InChI=1S/C12H14ClN5O/c1-19-12-7-18(11-2-3-14-4-9(11)13)6-8(12)10-5-15-17-16-10/h2-5,8,12H,6-7H2,1H3,(H,15,16,17)/t8-,12+/m0/s1. The van der Waals surface area contributed by atoms with Gasteiger partial charge >= 0.3 is 0 Å². The Bertz CT molecular complexity index is 547. The normalized spacial score (nSPS) is 22.9. The summed E-state index contributed by atoms with van der Waals surface area (Å²) in [5.41, 5.74) is 1.89. The van der Waals surface area contributed by atoms with Crippen LogP contribution in [0.1, 0.15) is 11.6 Å². The lowest BCUT2D eigenvalue weighted by Gasteiger charge is -2.19. The monoisotopic (exact) mass is 279 g/mol. The summed E-state index contributed by atoms with van der Waals surface area (Å²) in [4.78, 5) is 6.20. The van der Waals surface area contributed by atoms with Crippen LogP contribution in [0.15, 0.2) is 24.7 Å². The first-order valence-corrected chi connectivity index (χ1v) is 6.40. The van der Waals surface area contributed by atoms with E-state index in [0.717, 1.165) is 24.5 Å². The molecule has 2 atom stereocenters. The van der Waals surface area contributed by atoms with Gasteiger partial charge < -0.3 is 9.64 Å². The maximum absolute atomic E-state index is 6.19. The Morgan fingerprint density at radius 1 is 1.42 bits per heavy atom. The molecule has 3 heterocycles. The zero-order valence-corrected chi connectivity index (χ0v) is 11.2. The number of rotatable bonds is 3. The van der Waals surface area contributed by atoms with Gasteiger partial charge in [0.25, 0.3) is 0 Å². The minimum atomic E-state index is 0.0781. The van der Waals surface area contributed by atoms with E-state index in [9.17, 15) is 0 Å². The van der Waals surface area contributed by atoms with Gasteiger partial charge in [-0.25, -0.2) is 0 Å². The first kappa shape index (κ1) is 12.4. The van der Waals surface area contributed by atoms with Crippen LogP contribution in [0, 0.1) is 0 Å². The summed E-state index contributed by atoms with van der Waals surface area (Å²) in [6, 6.07) is 1.92. The number of halogens is 1. The van der Waals surface area contributed by atoms with E-state index in [4.69, 9.17) is 16.3 Å². The molecule has 0 amide bonds. The molecule has 0 spiro atoms. The highest BCUT2D eigenvalue weighted by Crippen LogP contribution is 2.34. The number of anilines is 1. The molecule has 2 aromatic rings. The van der Waals surface area contributed by atoms with Crippen LogP contribution in [0.2, 0.25) is 5.02 Å². The molecule has 0 bridgehead atoms. The van der Waals surface area contributed by atoms with Crippen LogP contribution in [-0.4, -0.2) is 46.7 Å². The van der Waals surface area contributed by atoms with Crippen molar-refractivity contribution < 1.29 is 4.74 Å². The highest BCUT2D eigenvalue weighted by atomic mass is 35.5. The maximum atomic E-state index is 6.19. The Kier molecular flexibility index (Phi) is 3.35. The first-order valence-electron chi connectivity index (χ1n) is 6.02. The fourth-order valence-electron chi connectivity index (χ4n) is 2.51. The fourth-order valence-corrected chi connectivity index (χ4v) is 2.75. The molecule has 0 aromatic carbocycles. The zero-order valence-electron chi connectivity index (χ0n) is 10.5. The molecule has 0 aliphatic carbocycles. The lowest BCUT2D eigenvalue weighted by molar-refractivity contribution is 0.106. The number of methoxy groups -OCH3 is 1. The fraction of sp³-hybridized carbons (Fsp3) is 0.417. The number of nitrogens with one attached hydrogen (secondary N) is 1. The van der Waals surface area contributed by atoms with Crippen LogP contribution in [0.3, 0.4) is 0 Å². The highest BCUT2D eigenvalue weighted by molar-refractivity contribution is 6.33. The van der Waals surface area contributed by atoms with Gasteiger partial charge in [0.05, 0.1) is 34.6 Å². The van der Waals surface area contributed by atoms with Crippen molar-refractivity contribution in [3.8, 4) is 0 Å². The minimum absolute atomic E-state index is 0.0781. The molecule has 100 valence electrons. The van der Waals surface area contributed by atoms with Crippen molar-refractivity contribution in [1.82, 2.24) is 20.4 Å². The zero-order chi connectivity index (χ0) is 13.2. The number of hydrogen-bond donors (Lipinski definition) is 1. The summed E-state index contributed by atoms with van der Waals surface area (Å²) in [6.07, 6.45) is 5.22. The molecule has 1 aliphatic rings. The molecule has 0 saturated carbocycles. The third-order valence-corrected chi connectivity index (χ3v) is 3.77. The second-order valence-electron chi connectivity index (χ2n) is 4.51. The SMILES string of the molecule is CO[C@@H]1CN(c2ccncc2Cl)C[C@H]1c1cn[nH]n1. The number of ether oxygens (including phenoxy) is 1. The van der Waals surface area contributed by atoms with Crippen molar-refractivity contribution in [2.24, 2.45) is 0 Å². The van der Waals surface area contributed by atoms with Crippen LogP contribution >= 0.6 is 11.6 Å². The molecule has 1 aliphatic heterocycles. The van der Waals surface area contributed by atoms with Gasteiger partial charge in [-0.2, -0.15) is 15.4 Å². The molecule has 3 rings (SSSR count). The van der Waals surface area contributed by atoms with Crippen LogP contribution in [-0.2, 0) is 4.74 Å². The number of hydrogen-bond acceptors (Lipinski definition) is 5. The van der Waals surface area contributed by atoms with E-state index in [1.54, 1.807) is 25.7 Å². The third-order valence-electron chi connectivity index (χ3n) is 3.47. The van der Waals surface area contributed by atoms with Crippen molar-refractivity contribution in [3.63, 3.8) is 0 Å². The quantitative estimate of drug-likeness (QED) is 0.922. The minimum Gasteiger partial charge on any atom is -0.379 e. The van der Waals surface area contributed by atoms with Gasteiger partial charge in [0.1, 0.15) is 0 Å². The summed E-state index contributed by atoms with van der Waals surface area (Å²) < 4.78 is 5.56. The second kappa shape index (κ2) is 5.14. The molecular weight excluding hydrogens is 266 g/mol. The van der Waals surface area contributed by atoms with Crippen molar-refractivity contribution in [1.29, 1.82) is 0 Å². The lowest BCUT2D eigenvalue weighted by atomic mass is 10.0. The Morgan fingerprint density at radius 2 is 2.32 bits per heavy atom. The van der Waals surface area contributed by atoms with Crippen molar-refractivity contribution in [2.45, 2.75) is 12.0 Å². The van der Waals surface area contributed by atoms with Gasteiger partial charge in [0, 0.05) is 32.6 Å². The predicted molar refractivity (Wildman–Crippen MR) is 71.4 cm³/mol. The predicted octanol–water partition coefficient (Wildman–Crippen LogP) is 1.47. The van der Waals surface area contributed by atoms with Gasteiger partial charge in [-0.05, 0) is 6.07 Å². The van der Waals surface area contributed by atoms with Gasteiger partial charge in [-0.1, -0.05) is 11.6 Å². The Labute approximate surface area is 115 Å². The highest BCUT2D eigenvalue weighted by Gasteiger charge is 2.36. The van der Waals surface area contributed by atoms with Crippen molar-refractivity contribution in [2.75, 3.05) is 25.1 Å². The van der Waals surface area contributed by atoms with E-state index in [2.05, 4.69) is 25.3 Å². The Hall–Kier alpha value is -1.66. The summed E-state index contributed by atoms with van der Waals surface area (Å²) in [5, 5.41) is 11.3. The summed E-state index contributed by atoms with van der Waals surface area (Å²) in [6.45, 7) is 1.58. The lowest BCUT2D eigenvalue weighted by Crippen LogP contribution is -2.22. The molecule has 0 radical (unpaired) electrons. The number of pyridine rings is 1. The average molecular weight is 280 g/mol. The number of aromatic amines is 1. The molecule has 19 heavy (non-hydrogen) atoms. The molecule has 7 heteroatoms. The van der Waals surface area contributed by atoms with Gasteiger partial charge in [0.15, 0.2) is 0 Å². The molecule has 6 nitrogen and oxygen atoms in total. The average Bonchev–Trinajstić information content (AvgIpc) is 3.08. The van der Waals surface area contributed by atoms with Crippen LogP contribution in [0.25, 0.3) is 0 Å². The van der Waals surface area contributed by atoms with E-state index in [1.165, 1.54) is 0 Å². The Balaban J connectivity index is 1.86. The molecule has 2 aromatic heterocycles. The van der Waals surface area contributed by atoms with E-state index < -0.39 is 0 Å². The second-order valence-corrected chi connectivity index (χ2v) is 4.91. The van der Waals surface area contributed by atoms with Crippen molar-refractivity contribution in [3.05, 3.63) is 35.4 Å². The van der Waals surface area contributed by atoms with Crippen LogP contribution < -0.4 is 4.90 Å². The summed E-state index contributed by atoms with van der Waals surface area (Å²) in [7, 11) is 1.72. The Morgan fingerprint density at radius 3 is 3.00 bits per heavy atom. The molecule has 0 unspecified atom stereocenters. The maximum Gasteiger partial charge on any atom is 0.0899 e. The van der Waals surface area contributed by atoms with Gasteiger partial charge in [0.2, 0.25) is 0 Å². The smallest absolute Gasteiger partial charge is 0.0899 e. The number of aromatic nitrogens is 4. The third kappa shape index (κ3) is 2.29.